The van der Waals surface area contributed by atoms with Gasteiger partial charge in [-0.15, -0.1) is 0 Å². The summed E-state index contributed by atoms with van der Waals surface area (Å²) in [4.78, 5) is 4.91. The van der Waals surface area contributed by atoms with E-state index in [1.807, 2.05) is 0 Å². The number of fused-ring (bicyclic) bond motifs is 13. The predicted molar refractivity (Wildman–Crippen MR) is 355 cm³/mol. The molecular formula is C80H62N2O3. The summed E-state index contributed by atoms with van der Waals surface area (Å²) in [6.45, 7) is 4.37. The van der Waals surface area contributed by atoms with Crippen LogP contribution >= 0.6 is 0 Å². The molecule has 17 rings (SSSR count). The molecule has 0 aliphatic heterocycles. The van der Waals surface area contributed by atoms with Crippen molar-refractivity contribution in [3.63, 3.8) is 0 Å². The molecule has 5 heteroatoms. The summed E-state index contributed by atoms with van der Waals surface area (Å²) in [5.74, 6) is 0.981. The zero-order chi connectivity index (χ0) is 56.3. The normalized spacial score (nSPS) is 14.2. The van der Waals surface area contributed by atoms with Crippen LogP contribution in [0.5, 0.6) is 0 Å². The van der Waals surface area contributed by atoms with E-state index in [0.29, 0.717) is 11.8 Å². The van der Waals surface area contributed by atoms with Crippen molar-refractivity contribution in [3.8, 4) is 22.3 Å². The van der Waals surface area contributed by atoms with E-state index in [0.717, 1.165) is 144 Å². The van der Waals surface area contributed by atoms with E-state index in [9.17, 15) is 0 Å². The smallest absolute Gasteiger partial charge is 0.159 e. The first-order chi connectivity index (χ1) is 42.0. The minimum atomic E-state index is 0.491. The van der Waals surface area contributed by atoms with Crippen molar-refractivity contribution in [3.05, 3.63) is 253 Å². The molecule has 2 aliphatic rings. The molecule has 12 aromatic carbocycles. The standard InChI is InChI=1S/C80H62N2O3/c1-49-41-43-67(65(45-49)53-21-5-3-6-22-53)81(69-39-19-37-63-61-35-17-33-55(51-25-9-10-26-51)77(61)84-79(63)69)71-47-73-75(59-31-15-13-29-57(59)71)76-60-32-16-14-30-58(60)72(48-74(76)83-73)82(68-44-42-50(2)46-66(68)54-23-7-4-8-24-54)70-40-20-38-64-62-36-18-34-56(52-27-11-12-28-52)78(62)85-80(64)70/h3-8,13-24,29-48,51-52H,9-12,25-28H2,1-2H3. The van der Waals surface area contributed by atoms with Crippen LogP contribution in [0, 0.1) is 13.8 Å². The summed E-state index contributed by atoms with van der Waals surface area (Å²) < 4.78 is 22.3. The molecule has 85 heavy (non-hydrogen) atoms. The average molecular weight is 1100 g/mol. The Labute approximate surface area is 493 Å². The highest BCUT2D eigenvalue weighted by molar-refractivity contribution is 6.31. The molecule has 2 aliphatic carbocycles. The lowest BCUT2D eigenvalue weighted by molar-refractivity contribution is 0.643. The molecule has 2 fully saturated rings. The Hall–Kier alpha value is -9.84. The molecule has 410 valence electrons. The van der Waals surface area contributed by atoms with Crippen LogP contribution in [0.25, 0.3) is 110 Å². The van der Waals surface area contributed by atoms with E-state index in [1.54, 1.807) is 0 Å². The van der Waals surface area contributed by atoms with Crippen LogP contribution in [-0.2, 0) is 0 Å². The topological polar surface area (TPSA) is 45.9 Å². The van der Waals surface area contributed by atoms with Gasteiger partial charge in [0.1, 0.15) is 22.3 Å². The lowest BCUT2D eigenvalue weighted by Gasteiger charge is -2.29. The van der Waals surface area contributed by atoms with E-state index in [2.05, 4.69) is 254 Å². The van der Waals surface area contributed by atoms with Crippen LogP contribution in [0.3, 0.4) is 0 Å². The fraction of sp³-hybridized carbons (Fsp3) is 0.150. The van der Waals surface area contributed by atoms with Gasteiger partial charge in [-0.3, -0.25) is 0 Å². The SMILES string of the molecule is Cc1ccc(N(c2cc3oc4cc(N(c5ccc(C)cc5-c5ccccc5)c5cccc6c5oc5c(C7CCCC7)cccc56)c5ccccc5c4c3c3ccccc23)c2cccc3c2oc2c(C4CCCC4)cccc23)c(-c2ccccc2)c1. The first-order valence-electron chi connectivity index (χ1n) is 30.6. The minimum absolute atomic E-state index is 0.491. The number of nitrogens with zero attached hydrogens (tertiary/aromatic N) is 2. The first-order valence-corrected chi connectivity index (χ1v) is 30.6. The summed E-state index contributed by atoms with van der Waals surface area (Å²) in [7, 11) is 0. The van der Waals surface area contributed by atoms with Crippen LogP contribution in [0.2, 0.25) is 0 Å². The highest BCUT2D eigenvalue weighted by Gasteiger charge is 2.31. The molecule has 15 aromatic rings. The number of aryl methyl sites for hydroxylation is 2. The van der Waals surface area contributed by atoms with E-state index in [-0.39, 0.29) is 0 Å². The number of furan rings is 3. The lowest BCUT2D eigenvalue weighted by Crippen LogP contribution is -2.12. The number of benzene rings is 12. The van der Waals surface area contributed by atoms with Gasteiger partial charge in [-0.1, -0.05) is 219 Å². The predicted octanol–water partition coefficient (Wildman–Crippen LogP) is 23.9. The van der Waals surface area contributed by atoms with Gasteiger partial charge >= 0.3 is 0 Å². The second kappa shape index (κ2) is 19.9. The maximum Gasteiger partial charge on any atom is 0.159 e. The molecular weight excluding hydrogens is 1040 g/mol. The van der Waals surface area contributed by atoms with Crippen molar-refractivity contribution in [2.75, 3.05) is 9.80 Å². The number of hydrogen-bond acceptors (Lipinski definition) is 5. The molecule has 5 nitrogen and oxygen atoms in total. The number of rotatable bonds is 10. The largest absolute Gasteiger partial charge is 0.456 e. The summed E-state index contributed by atoms with van der Waals surface area (Å²) in [5.41, 5.74) is 20.9. The van der Waals surface area contributed by atoms with Gasteiger partial charge in [0.25, 0.3) is 0 Å². The van der Waals surface area contributed by atoms with Crippen LogP contribution in [0.15, 0.2) is 244 Å². The third kappa shape index (κ3) is 7.97. The van der Waals surface area contributed by atoms with Gasteiger partial charge in [0.2, 0.25) is 0 Å². The Bertz CT molecular complexity index is 4810. The van der Waals surface area contributed by atoms with E-state index >= 15 is 0 Å². The maximum atomic E-state index is 7.58. The fourth-order valence-electron chi connectivity index (χ4n) is 15.1. The molecule has 0 bridgehead atoms. The molecule has 0 radical (unpaired) electrons. The Morgan fingerprint density at radius 2 is 0.659 bits per heavy atom. The summed E-state index contributed by atoms with van der Waals surface area (Å²) in [5, 5.41) is 11.1. The Morgan fingerprint density at radius 1 is 0.294 bits per heavy atom. The number of hydrogen-bond donors (Lipinski definition) is 0. The Kier molecular flexibility index (Phi) is 11.7. The summed E-state index contributed by atoms with van der Waals surface area (Å²) in [6, 6.07) is 84.7. The monoisotopic (exact) mass is 1100 g/mol. The van der Waals surface area contributed by atoms with E-state index in [1.165, 1.54) is 73.6 Å². The van der Waals surface area contributed by atoms with Gasteiger partial charge in [0.15, 0.2) is 11.2 Å². The zero-order valence-electron chi connectivity index (χ0n) is 47.9. The average Bonchev–Trinajstić information content (AvgIpc) is 4.14. The summed E-state index contributed by atoms with van der Waals surface area (Å²) >= 11 is 0. The highest BCUT2D eigenvalue weighted by Crippen LogP contribution is 2.55. The molecule has 0 unspecified atom stereocenters. The second-order valence-corrected chi connectivity index (χ2v) is 24.1. The van der Waals surface area contributed by atoms with Crippen molar-refractivity contribution < 1.29 is 13.3 Å². The van der Waals surface area contributed by atoms with Crippen LogP contribution in [0.4, 0.5) is 34.1 Å². The van der Waals surface area contributed by atoms with Crippen molar-refractivity contribution in [2.45, 2.75) is 77.0 Å². The van der Waals surface area contributed by atoms with Gasteiger partial charge in [-0.05, 0) is 121 Å². The number of anilines is 6. The van der Waals surface area contributed by atoms with Crippen molar-refractivity contribution >= 4 is 121 Å². The van der Waals surface area contributed by atoms with Gasteiger partial charge in [0.05, 0.1) is 34.1 Å². The fourth-order valence-corrected chi connectivity index (χ4v) is 15.1. The number of para-hydroxylation sites is 4. The Balaban J connectivity index is 0.947. The van der Waals surface area contributed by atoms with Crippen LogP contribution < -0.4 is 9.80 Å². The molecule has 0 N–H and O–H groups in total. The Morgan fingerprint density at radius 3 is 1.08 bits per heavy atom. The van der Waals surface area contributed by atoms with Crippen LogP contribution in [0.1, 0.15) is 85.5 Å². The molecule has 3 aromatic heterocycles. The van der Waals surface area contributed by atoms with Crippen molar-refractivity contribution in [2.24, 2.45) is 0 Å². The zero-order valence-corrected chi connectivity index (χ0v) is 47.9. The molecule has 3 heterocycles. The van der Waals surface area contributed by atoms with Crippen molar-refractivity contribution in [1.29, 1.82) is 0 Å². The molecule has 2 saturated carbocycles. The third-order valence-electron chi connectivity index (χ3n) is 19.0. The van der Waals surface area contributed by atoms with Gasteiger partial charge < -0.3 is 23.1 Å². The van der Waals surface area contributed by atoms with Crippen molar-refractivity contribution in [1.82, 2.24) is 0 Å². The van der Waals surface area contributed by atoms with Gasteiger partial charge in [-0.2, -0.15) is 0 Å². The third-order valence-corrected chi connectivity index (χ3v) is 19.0. The first kappa shape index (κ1) is 49.7. The van der Waals surface area contributed by atoms with Crippen LogP contribution in [-0.4, -0.2) is 0 Å². The molecule has 0 saturated heterocycles. The molecule has 0 atom stereocenters. The highest BCUT2D eigenvalue weighted by atomic mass is 16.3. The van der Waals surface area contributed by atoms with E-state index in [4.69, 9.17) is 13.3 Å². The lowest BCUT2D eigenvalue weighted by atomic mass is 9.94. The maximum absolute atomic E-state index is 7.58. The van der Waals surface area contributed by atoms with E-state index < -0.39 is 0 Å². The minimum Gasteiger partial charge on any atom is -0.456 e. The molecule has 0 amide bonds. The quantitative estimate of drug-likeness (QED) is 0.137. The van der Waals surface area contributed by atoms with Gasteiger partial charge in [-0.25, -0.2) is 0 Å². The second-order valence-electron chi connectivity index (χ2n) is 24.1. The summed E-state index contributed by atoms with van der Waals surface area (Å²) in [6.07, 6.45) is 9.78. The molecule has 0 spiro atoms. The van der Waals surface area contributed by atoms with Gasteiger partial charge in [0, 0.05) is 66.3 Å².